The number of carbonyl (C=O) groups is 2. The predicted octanol–water partition coefficient (Wildman–Crippen LogP) is 10.8. The van der Waals surface area contributed by atoms with E-state index in [2.05, 4.69) is 122 Å². The Hall–Kier alpha value is -6.78. The van der Waals surface area contributed by atoms with Crippen LogP contribution in [-0.2, 0) is 15.0 Å². The van der Waals surface area contributed by atoms with Crippen LogP contribution in [0.4, 0.5) is 0 Å². The average molecular weight is 659 g/mol. The van der Waals surface area contributed by atoms with E-state index in [-0.39, 0.29) is 0 Å². The summed E-state index contributed by atoms with van der Waals surface area (Å²) in [6.45, 7) is 7.05. The first-order valence-corrected chi connectivity index (χ1v) is 16.8. The van der Waals surface area contributed by atoms with Crippen LogP contribution in [0.5, 0.6) is 11.5 Å². The van der Waals surface area contributed by atoms with Gasteiger partial charge in [-0.2, -0.15) is 0 Å². The number of carbonyl (C=O) groups excluding carboxylic acids is 2. The fourth-order valence-electron chi connectivity index (χ4n) is 8.00. The molecule has 0 amide bonds. The van der Waals surface area contributed by atoms with Crippen molar-refractivity contribution in [2.24, 2.45) is 0 Å². The maximum Gasteiger partial charge on any atom is 0.335 e. The molecule has 0 N–H and O–H groups in total. The minimum absolute atomic E-state index is 0.469. The van der Waals surface area contributed by atoms with Gasteiger partial charge in [0, 0.05) is 12.2 Å². The second-order valence-electron chi connectivity index (χ2n) is 12.9. The van der Waals surface area contributed by atoms with Crippen molar-refractivity contribution in [3.05, 3.63) is 193 Å². The molecule has 9 rings (SSSR count). The van der Waals surface area contributed by atoms with Crippen LogP contribution in [0, 0.1) is 0 Å². The Morgan fingerprint density at radius 3 is 1.29 bits per heavy atom. The Morgan fingerprint density at radius 2 is 0.843 bits per heavy atom. The SMILES string of the molecule is C=CC(=O)Oc1ccc2cc(C3(c4ccc5cc(OC(=O)C=C)ccc5c4)c4ccc5ccccc5c4-c4c3ccc3ccccc43)ccc2c1. The Labute approximate surface area is 294 Å². The zero-order valence-electron chi connectivity index (χ0n) is 27.6. The van der Waals surface area contributed by atoms with Gasteiger partial charge in [-0.15, -0.1) is 0 Å². The van der Waals surface area contributed by atoms with E-state index in [1.807, 2.05) is 36.4 Å². The minimum atomic E-state index is -0.691. The lowest BCUT2D eigenvalue weighted by Crippen LogP contribution is -2.28. The molecule has 242 valence electrons. The van der Waals surface area contributed by atoms with Crippen molar-refractivity contribution in [2.45, 2.75) is 5.41 Å². The third-order valence-electron chi connectivity index (χ3n) is 10.2. The molecule has 0 bridgehead atoms. The van der Waals surface area contributed by atoms with Crippen LogP contribution >= 0.6 is 0 Å². The van der Waals surface area contributed by atoms with Gasteiger partial charge < -0.3 is 9.47 Å². The van der Waals surface area contributed by atoms with E-state index < -0.39 is 17.4 Å². The van der Waals surface area contributed by atoms with Crippen molar-refractivity contribution < 1.29 is 19.1 Å². The van der Waals surface area contributed by atoms with Crippen LogP contribution in [0.25, 0.3) is 54.2 Å². The predicted molar refractivity (Wildman–Crippen MR) is 205 cm³/mol. The summed E-state index contributed by atoms with van der Waals surface area (Å²) in [5, 5.41) is 8.75. The molecule has 0 saturated carbocycles. The summed E-state index contributed by atoms with van der Waals surface area (Å²) in [5.41, 5.74) is 6.43. The Kier molecular flexibility index (Phi) is 6.94. The van der Waals surface area contributed by atoms with E-state index in [0.717, 1.165) is 44.8 Å². The summed E-state index contributed by atoms with van der Waals surface area (Å²) in [7, 11) is 0. The maximum atomic E-state index is 12.0. The van der Waals surface area contributed by atoms with Gasteiger partial charge >= 0.3 is 11.9 Å². The van der Waals surface area contributed by atoms with Crippen LogP contribution in [0.1, 0.15) is 22.3 Å². The normalized spacial score (nSPS) is 12.8. The second-order valence-corrected chi connectivity index (χ2v) is 12.9. The summed E-state index contributed by atoms with van der Waals surface area (Å²) in [6, 6.07) is 50.9. The fourth-order valence-corrected chi connectivity index (χ4v) is 8.00. The second kappa shape index (κ2) is 11.7. The van der Waals surface area contributed by atoms with E-state index in [0.29, 0.717) is 11.5 Å². The number of hydrogen-bond acceptors (Lipinski definition) is 4. The Bertz CT molecular complexity index is 2600. The van der Waals surface area contributed by atoms with Gasteiger partial charge in [-0.3, -0.25) is 0 Å². The molecule has 51 heavy (non-hydrogen) atoms. The van der Waals surface area contributed by atoms with Gasteiger partial charge in [0.05, 0.1) is 5.41 Å². The highest BCUT2D eigenvalue weighted by Crippen LogP contribution is 2.59. The van der Waals surface area contributed by atoms with E-state index >= 15 is 0 Å². The third-order valence-corrected chi connectivity index (χ3v) is 10.2. The van der Waals surface area contributed by atoms with Crippen molar-refractivity contribution in [2.75, 3.05) is 0 Å². The molecule has 8 aromatic rings. The minimum Gasteiger partial charge on any atom is -0.423 e. The molecule has 0 saturated heterocycles. The molecule has 0 aromatic heterocycles. The van der Waals surface area contributed by atoms with E-state index in [9.17, 15) is 9.59 Å². The zero-order valence-corrected chi connectivity index (χ0v) is 27.6. The maximum absolute atomic E-state index is 12.0. The molecule has 0 atom stereocenters. The molecule has 0 radical (unpaired) electrons. The smallest absolute Gasteiger partial charge is 0.335 e. The first-order valence-electron chi connectivity index (χ1n) is 16.8. The molecular weight excluding hydrogens is 629 g/mol. The fraction of sp³-hybridized carbons (Fsp3) is 0.0213. The molecule has 0 spiro atoms. The average Bonchev–Trinajstić information content (AvgIpc) is 3.49. The van der Waals surface area contributed by atoms with Crippen LogP contribution < -0.4 is 9.47 Å². The Balaban J connectivity index is 1.37. The van der Waals surface area contributed by atoms with Crippen LogP contribution in [0.2, 0.25) is 0 Å². The molecule has 4 nitrogen and oxygen atoms in total. The quantitative estimate of drug-likeness (QED) is 0.101. The number of esters is 2. The molecule has 0 unspecified atom stereocenters. The molecule has 0 fully saturated rings. The van der Waals surface area contributed by atoms with Crippen LogP contribution in [0.15, 0.2) is 171 Å². The van der Waals surface area contributed by atoms with Crippen molar-refractivity contribution >= 4 is 55.0 Å². The highest BCUT2D eigenvalue weighted by molar-refractivity contribution is 6.12. The molecule has 1 aliphatic rings. The lowest BCUT2D eigenvalue weighted by Gasteiger charge is -2.34. The van der Waals surface area contributed by atoms with Gasteiger partial charge in [0.25, 0.3) is 0 Å². The molecular formula is C47H30O4. The van der Waals surface area contributed by atoms with Gasteiger partial charge in [-0.05, 0) is 113 Å². The van der Waals surface area contributed by atoms with Gasteiger partial charge in [-0.1, -0.05) is 122 Å². The molecule has 0 heterocycles. The zero-order chi connectivity index (χ0) is 34.7. The number of rotatable bonds is 6. The standard InChI is InChI=1S/C47H30O4/c1-3-43(48)50-37-21-15-31-25-35(19-13-33(31)27-37)47(36-20-14-34-28-38(51-44(49)4-2)22-16-32(34)26-36)41-23-17-29-9-5-7-11-39(29)45(41)46-40-12-8-6-10-30(40)18-24-42(46)47/h3-28H,1-2H2. The van der Waals surface area contributed by atoms with Crippen molar-refractivity contribution in [3.63, 3.8) is 0 Å². The molecule has 0 aliphatic heterocycles. The molecule has 4 heteroatoms. The summed E-state index contributed by atoms with van der Waals surface area (Å²) in [5.74, 6) is -0.0502. The number of hydrogen-bond donors (Lipinski definition) is 0. The first kappa shape index (κ1) is 30.3. The Morgan fingerprint density at radius 1 is 0.451 bits per heavy atom. The van der Waals surface area contributed by atoms with E-state index in [4.69, 9.17) is 9.47 Å². The van der Waals surface area contributed by atoms with Gasteiger partial charge in [0.2, 0.25) is 0 Å². The van der Waals surface area contributed by atoms with Gasteiger partial charge in [0.1, 0.15) is 11.5 Å². The van der Waals surface area contributed by atoms with Crippen molar-refractivity contribution in [1.29, 1.82) is 0 Å². The number of benzene rings is 8. The summed E-state index contributed by atoms with van der Waals surface area (Å²) >= 11 is 0. The van der Waals surface area contributed by atoms with E-state index in [1.54, 1.807) is 0 Å². The van der Waals surface area contributed by atoms with Crippen LogP contribution in [-0.4, -0.2) is 11.9 Å². The van der Waals surface area contributed by atoms with Gasteiger partial charge in [0.15, 0.2) is 0 Å². The lowest BCUT2D eigenvalue weighted by atomic mass is 9.67. The highest BCUT2D eigenvalue weighted by Gasteiger charge is 2.47. The summed E-state index contributed by atoms with van der Waals surface area (Å²) in [6.07, 6.45) is 2.33. The highest BCUT2D eigenvalue weighted by atomic mass is 16.5. The van der Waals surface area contributed by atoms with Gasteiger partial charge in [-0.25, -0.2) is 9.59 Å². The third kappa shape index (κ3) is 4.68. The molecule has 1 aliphatic carbocycles. The monoisotopic (exact) mass is 658 g/mol. The number of fused-ring (bicyclic) bond motifs is 9. The van der Waals surface area contributed by atoms with Crippen molar-refractivity contribution in [3.8, 4) is 22.6 Å². The van der Waals surface area contributed by atoms with Crippen molar-refractivity contribution in [1.82, 2.24) is 0 Å². The topological polar surface area (TPSA) is 52.6 Å². The lowest BCUT2D eigenvalue weighted by molar-refractivity contribution is -0.129. The first-order chi connectivity index (χ1) is 25.0. The number of ether oxygens (including phenoxy) is 2. The molecule has 8 aromatic carbocycles. The largest absolute Gasteiger partial charge is 0.423 e. The van der Waals surface area contributed by atoms with E-state index in [1.165, 1.54) is 43.8 Å². The summed E-state index contributed by atoms with van der Waals surface area (Å²) in [4.78, 5) is 23.9. The summed E-state index contributed by atoms with van der Waals surface area (Å²) < 4.78 is 10.9. The van der Waals surface area contributed by atoms with Crippen LogP contribution in [0.3, 0.4) is 0 Å².